The summed E-state index contributed by atoms with van der Waals surface area (Å²) in [6, 6.07) is 8.17. The minimum atomic E-state index is -0.251. The molecular weight excluding hydrogens is 244 g/mol. The van der Waals surface area contributed by atoms with E-state index in [0.29, 0.717) is 18.5 Å². The van der Waals surface area contributed by atoms with Gasteiger partial charge in [0, 0.05) is 12.1 Å². The fourth-order valence-corrected chi connectivity index (χ4v) is 2.77. The SMILES string of the molecule is Cc1cccc(F)c1-c1ccc(F)c2c1CNCC2. The van der Waals surface area contributed by atoms with E-state index in [2.05, 4.69) is 5.32 Å². The molecule has 3 rings (SSSR count). The van der Waals surface area contributed by atoms with Crippen LogP contribution in [0.1, 0.15) is 16.7 Å². The van der Waals surface area contributed by atoms with Crippen LogP contribution < -0.4 is 5.32 Å². The Kier molecular flexibility index (Phi) is 3.07. The lowest BCUT2D eigenvalue weighted by atomic mass is 9.89. The van der Waals surface area contributed by atoms with Gasteiger partial charge in [-0.1, -0.05) is 18.2 Å². The highest BCUT2D eigenvalue weighted by Gasteiger charge is 2.20. The van der Waals surface area contributed by atoms with Gasteiger partial charge >= 0.3 is 0 Å². The van der Waals surface area contributed by atoms with Crippen molar-refractivity contribution in [2.45, 2.75) is 19.9 Å². The predicted molar refractivity (Wildman–Crippen MR) is 71.9 cm³/mol. The average Bonchev–Trinajstić information content (AvgIpc) is 2.41. The van der Waals surface area contributed by atoms with Gasteiger partial charge in [-0.15, -0.1) is 0 Å². The second-order valence-electron chi connectivity index (χ2n) is 4.91. The van der Waals surface area contributed by atoms with Gasteiger partial charge in [0.15, 0.2) is 0 Å². The first-order valence-corrected chi connectivity index (χ1v) is 6.45. The van der Waals surface area contributed by atoms with Crippen LogP contribution in [-0.4, -0.2) is 6.54 Å². The first kappa shape index (κ1) is 12.3. The maximum absolute atomic E-state index is 14.1. The number of halogens is 2. The normalized spacial score (nSPS) is 14.3. The molecule has 0 unspecified atom stereocenters. The van der Waals surface area contributed by atoms with E-state index >= 15 is 0 Å². The van der Waals surface area contributed by atoms with Crippen molar-refractivity contribution < 1.29 is 8.78 Å². The third-order valence-corrected chi connectivity index (χ3v) is 3.72. The highest BCUT2D eigenvalue weighted by atomic mass is 19.1. The summed E-state index contributed by atoms with van der Waals surface area (Å²) in [6.45, 7) is 3.24. The van der Waals surface area contributed by atoms with Crippen molar-refractivity contribution in [3.05, 3.63) is 58.7 Å². The maximum atomic E-state index is 14.1. The number of fused-ring (bicyclic) bond motifs is 1. The summed E-state index contributed by atoms with van der Waals surface area (Å²) in [4.78, 5) is 0. The number of hydrogen-bond acceptors (Lipinski definition) is 1. The van der Waals surface area contributed by atoms with Crippen LogP contribution in [0.3, 0.4) is 0 Å². The molecule has 1 aliphatic rings. The Morgan fingerprint density at radius 1 is 1.00 bits per heavy atom. The molecule has 0 fully saturated rings. The van der Waals surface area contributed by atoms with Crippen LogP contribution in [-0.2, 0) is 13.0 Å². The minimum Gasteiger partial charge on any atom is -0.312 e. The molecule has 1 aliphatic heterocycles. The molecule has 2 aromatic carbocycles. The minimum absolute atomic E-state index is 0.186. The largest absolute Gasteiger partial charge is 0.312 e. The van der Waals surface area contributed by atoms with Crippen molar-refractivity contribution in [1.29, 1.82) is 0 Å². The molecule has 1 nitrogen and oxygen atoms in total. The first-order chi connectivity index (χ1) is 9.18. The molecule has 0 saturated heterocycles. The number of rotatable bonds is 1. The van der Waals surface area contributed by atoms with E-state index in [1.165, 1.54) is 12.1 Å². The van der Waals surface area contributed by atoms with Gasteiger partial charge in [0.25, 0.3) is 0 Å². The molecule has 3 heteroatoms. The zero-order valence-electron chi connectivity index (χ0n) is 10.8. The molecule has 98 valence electrons. The third kappa shape index (κ3) is 2.04. The summed E-state index contributed by atoms with van der Waals surface area (Å²) in [6.07, 6.45) is 0.655. The Hall–Kier alpha value is -1.74. The Morgan fingerprint density at radius 3 is 2.63 bits per heavy atom. The lowest BCUT2D eigenvalue weighted by Gasteiger charge is -2.22. The molecule has 0 amide bonds. The topological polar surface area (TPSA) is 12.0 Å². The summed E-state index contributed by atoms with van der Waals surface area (Å²) in [5.74, 6) is -0.436. The quantitative estimate of drug-likeness (QED) is 0.825. The summed E-state index contributed by atoms with van der Waals surface area (Å²) < 4.78 is 27.9. The molecule has 0 bridgehead atoms. The Balaban J connectivity index is 2.26. The standard InChI is InChI=1S/C16H15F2N/c1-10-3-2-4-15(18)16(10)12-5-6-14(17)11-7-8-19-9-13(11)12/h2-6,19H,7-9H2,1H3. The van der Waals surface area contributed by atoms with Crippen LogP contribution >= 0.6 is 0 Å². The molecule has 19 heavy (non-hydrogen) atoms. The van der Waals surface area contributed by atoms with Gasteiger partial charge in [-0.2, -0.15) is 0 Å². The molecule has 0 aromatic heterocycles. The van der Waals surface area contributed by atoms with Crippen molar-refractivity contribution in [3.63, 3.8) is 0 Å². The van der Waals surface area contributed by atoms with Crippen LogP contribution in [0.2, 0.25) is 0 Å². The average molecular weight is 259 g/mol. The van der Waals surface area contributed by atoms with Gasteiger partial charge in [0.05, 0.1) is 0 Å². The molecule has 0 saturated carbocycles. The predicted octanol–water partition coefficient (Wildman–Crippen LogP) is 3.59. The monoisotopic (exact) mass is 259 g/mol. The van der Waals surface area contributed by atoms with Crippen molar-refractivity contribution in [3.8, 4) is 11.1 Å². The van der Waals surface area contributed by atoms with E-state index in [4.69, 9.17) is 0 Å². The molecule has 2 aromatic rings. The summed E-state index contributed by atoms with van der Waals surface area (Å²) in [5.41, 5.74) is 3.87. The van der Waals surface area contributed by atoms with E-state index in [1.54, 1.807) is 12.1 Å². The number of benzene rings is 2. The van der Waals surface area contributed by atoms with E-state index < -0.39 is 0 Å². The highest BCUT2D eigenvalue weighted by Crippen LogP contribution is 2.33. The third-order valence-electron chi connectivity index (χ3n) is 3.72. The molecule has 0 atom stereocenters. The number of nitrogens with one attached hydrogen (secondary N) is 1. The zero-order valence-corrected chi connectivity index (χ0v) is 10.8. The molecular formula is C16H15F2N. The lowest BCUT2D eigenvalue weighted by molar-refractivity contribution is 0.569. The van der Waals surface area contributed by atoms with Crippen molar-refractivity contribution in [1.82, 2.24) is 5.32 Å². The van der Waals surface area contributed by atoms with E-state index in [1.807, 2.05) is 13.0 Å². The Morgan fingerprint density at radius 2 is 1.84 bits per heavy atom. The van der Waals surface area contributed by atoms with Crippen LogP contribution in [0, 0.1) is 18.6 Å². The van der Waals surface area contributed by atoms with Crippen molar-refractivity contribution >= 4 is 0 Å². The van der Waals surface area contributed by atoms with Crippen LogP contribution in [0.25, 0.3) is 11.1 Å². The van der Waals surface area contributed by atoms with E-state index in [0.717, 1.165) is 28.8 Å². The maximum Gasteiger partial charge on any atom is 0.131 e. The Labute approximate surface area is 111 Å². The van der Waals surface area contributed by atoms with E-state index in [-0.39, 0.29) is 11.6 Å². The fraction of sp³-hybridized carbons (Fsp3) is 0.250. The smallest absolute Gasteiger partial charge is 0.131 e. The van der Waals surface area contributed by atoms with Crippen LogP contribution in [0.15, 0.2) is 30.3 Å². The van der Waals surface area contributed by atoms with Gasteiger partial charge in [-0.3, -0.25) is 0 Å². The molecule has 1 heterocycles. The second kappa shape index (κ2) is 4.74. The van der Waals surface area contributed by atoms with Gasteiger partial charge in [0.2, 0.25) is 0 Å². The highest BCUT2D eigenvalue weighted by molar-refractivity contribution is 5.72. The van der Waals surface area contributed by atoms with Crippen molar-refractivity contribution in [2.24, 2.45) is 0 Å². The van der Waals surface area contributed by atoms with Gasteiger partial charge in [0.1, 0.15) is 11.6 Å². The summed E-state index contributed by atoms with van der Waals surface area (Å²) in [7, 11) is 0. The number of hydrogen-bond donors (Lipinski definition) is 1. The Bertz CT molecular complexity index is 615. The van der Waals surface area contributed by atoms with Gasteiger partial charge in [-0.25, -0.2) is 8.78 Å². The molecule has 0 radical (unpaired) electrons. The zero-order chi connectivity index (χ0) is 13.4. The van der Waals surface area contributed by atoms with Crippen molar-refractivity contribution in [2.75, 3.05) is 6.54 Å². The van der Waals surface area contributed by atoms with E-state index in [9.17, 15) is 8.78 Å². The van der Waals surface area contributed by atoms with Crippen LogP contribution in [0.5, 0.6) is 0 Å². The van der Waals surface area contributed by atoms with Crippen LogP contribution in [0.4, 0.5) is 8.78 Å². The number of aryl methyl sites for hydroxylation is 1. The van der Waals surface area contributed by atoms with Gasteiger partial charge < -0.3 is 5.32 Å². The lowest BCUT2D eigenvalue weighted by Crippen LogP contribution is -2.25. The second-order valence-corrected chi connectivity index (χ2v) is 4.91. The van der Waals surface area contributed by atoms with Gasteiger partial charge in [-0.05, 0) is 54.3 Å². The fourth-order valence-electron chi connectivity index (χ4n) is 2.77. The molecule has 1 N–H and O–H groups in total. The summed E-state index contributed by atoms with van der Waals surface area (Å²) >= 11 is 0. The summed E-state index contributed by atoms with van der Waals surface area (Å²) in [5, 5.41) is 3.23. The first-order valence-electron chi connectivity index (χ1n) is 6.45. The molecule has 0 spiro atoms. The molecule has 0 aliphatic carbocycles.